The fraction of sp³-hybridized carbons (Fsp3) is 0.533. The molecule has 0 heterocycles. The quantitative estimate of drug-likeness (QED) is 0.687. The van der Waals surface area contributed by atoms with E-state index in [2.05, 4.69) is 31.9 Å². The maximum atomic E-state index is 12.8. The van der Waals surface area contributed by atoms with Crippen LogP contribution in [0, 0.1) is 0 Å². The van der Waals surface area contributed by atoms with Crippen LogP contribution in [0.5, 0.6) is 5.75 Å². The summed E-state index contributed by atoms with van der Waals surface area (Å²) in [6, 6.07) is 5.93. The van der Waals surface area contributed by atoms with Crippen LogP contribution in [0.15, 0.2) is 22.7 Å². The summed E-state index contributed by atoms with van der Waals surface area (Å²) in [7, 11) is 1.60. The highest BCUT2D eigenvalue weighted by Gasteiger charge is 2.28. The second-order valence-corrected chi connectivity index (χ2v) is 6.68. The molecule has 0 N–H and O–H groups in total. The standard InChI is InChI=1S/C15H19Br2NO2/c1-20-14-10-11(17)6-7-13(14)15(19)18(9-8-16)12-4-2-3-5-12/h6-7,10,12H,2-5,8-9H2,1H3. The van der Waals surface area contributed by atoms with E-state index >= 15 is 0 Å². The van der Waals surface area contributed by atoms with Crippen molar-refractivity contribution >= 4 is 37.8 Å². The molecule has 0 spiro atoms. The van der Waals surface area contributed by atoms with Crippen molar-refractivity contribution in [1.29, 1.82) is 0 Å². The van der Waals surface area contributed by atoms with Crippen molar-refractivity contribution in [1.82, 2.24) is 4.90 Å². The second-order valence-electron chi connectivity index (χ2n) is 4.97. The molecule has 1 amide bonds. The lowest BCUT2D eigenvalue weighted by molar-refractivity contribution is 0.0693. The van der Waals surface area contributed by atoms with Crippen LogP contribution in [0.1, 0.15) is 36.0 Å². The summed E-state index contributed by atoms with van der Waals surface area (Å²) in [5.41, 5.74) is 0.642. The van der Waals surface area contributed by atoms with E-state index in [1.54, 1.807) is 7.11 Å². The van der Waals surface area contributed by atoms with E-state index in [4.69, 9.17) is 4.74 Å². The van der Waals surface area contributed by atoms with E-state index in [0.29, 0.717) is 17.4 Å². The molecular formula is C15H19Br2NO2. The van der Waals surface area contributed by atoms with E-state index in [1.165, 1.54) is 12.8 Å². The van der Waals surface area contributed by atoms with Gasteiger partial charge in [-0.15, -0.1) is 0 Å². The number of nitrogens with zero attached hydrogens (tertiary/aromatic N) is 1. The first-order valence-corrected chi connectivity index (χ1v) is 8.79. The first-order valence-electron chi connectivity index (χ1n) is 6.88. The number of amides is 1. The summed E-state index contributed by atoms with van der Waals surface area (Å²) in [5, 5.41) is 0.800. The number of carbonyl (C=O) groups is 1. The third kappa shape index (κ3) is 3.55. The molecule has 0 atom stereocenters. The van der Waals surface area contributed by atoms with E-state index < -0.39 is 0 Å². The maximum Gasteiger partial charge on any atom is 0.257 e. The summed E-state index contributed by atoms with van der Waals surface area (Å²) in [4.78, 5) is 14.8. The predicted molar refractivity (Wildman–Crippen MR) is 87.8 cm³/mol. The monoisotopic (exact) mass is 403 g/mol. The lowest BCUT2D eigenvalue weighted by atomic mass is 10.1. The Bertz CT molecular complexity index is 473. The van der Waals surface area contributed by atoms with Crippen LogP contribution in [0.3, 0.4) is 0 Å². The molecule has 0 saturated heterocycles. The van der Waals surface area contributed by atoms with Crippen LogP contribution in [0.4, 0.5) is 0 Å². The molecule has 20 heavy (non-hydrogen) atoms. The summed E-state index contributed by atoms with van der Waals surface area (Å²) in [5.74, 6) is 0.697. The van der Waals surface area contributed by atoms with Crippen molar-refractivity contribution in [2.45, 2.75) is 31.7 Å². The molecule has 1 fully saturated rings. The molecule has 110 valence electrons. The number of benzene rings is 1. The Kier molecular flexibility index (Phi) is 5.90. The van der Waals surface area contributed by atoms with Crippen molar-refractivity contribution in [3.05, 3.63) is 28.2 Å². The third-order valence-corrected chi connectivity index (χ3v) is 4.59. The van der Waals surface area contributed by atoms with Gasteiger partial charge in [-0.3, -0.25) is 4.79 Å². The zero-order chi connectivity index (χ0) is 14.5. The van der Waals surface area contributed by atoms with Crippen molar-refractivity contribution in [2.75, 3.05) is 19.0 Å². The van der Waals surface area contributed by atoms with Crippen LogP contribution in [0.25, 0.3) is 0 Å². The minimum atomic E-state index is 0.0701. The second kappa shape index (κ2) is 7.46. The lowest BCUT2D eigenvalue weighted by Crippen LogP contribution is -2.40. The topological polar surface area (TPSA) is 29.5 Å². The maximum absolute atomic E-state index is 12.8. The molecule has 0 radical (unpaired) electrons. The smallest absolute Gasteiger partial charge is 0.257 e. The van der Waals surface area contributed by atoms with Crippen molar-refractivity contribution in [2.24, 2.45) is 0 Å². The first kappa shape index (κ1) is 15.8. The van der Waals surface area contributed by atoms with E-state index in [0.717, 1.165) is 29.2 Å². The van der Waals surface area contributed by atoms with Gasteiger partial charge in [0.1, 0.15) is 5.75 Å². The van der Waals surface area contributed by atoms with E-state index in [1.807, 2.05) is 23.1 Å². The van der Waals surface area contributed by atoms with Crippen molar-refractivity contribution < 1.29 is 9.53 Å². The Morgan fingerprint density at radius 2 is 2.10 bits per heavy atom. The minimum absolute atomic E-state index is 0.0701. The zero-order valence-electron chi connectivity index (χ0n) is 11.6. The van der Waals surface area contributed by atoms with Gasteiger partial charge in [-0.2, -0.15) is 0 Å². The highest BCUT2D eigenvalue weighted by Crippen LogP contribution is 2.29. The number of hydrogen-bond donors (Lipinski definition) is 0. The van der Waals surface area contributed by atoms with Crippen LogP contribution in [-0.4, -0.2) is 35.8 Å². The molecule has 0 unspecified atom stereocenters. The Morgan fingerprint density at radius 1 is 1.40 bits per heavy atom. The molecule has 0 aromatic heterocycles. The Morgan fingerprint density at radius 3 is 2.70 bits per heavy atom. The van der Waals surface area contributed by atoms with Gasteiger partial charge in [-0.05, 0) is 31.0 Å². The molecule has 1 saturated carbocycles. The van der Waals surface area contributed by atoms with Gasteiger partial charge >= 0.3 is 0 Å². The number of alkyl halides is 1. The molecule has 3 nitrogen and oxygen atoms in total. The normalized spacial score (nSPS) is 15.3. The van der Waals surface area contributed by atoms with Crippen LogP contribution >= 0.6 is 31.9 Å². The van der Waals surface area contributed by atoms with Crippen LogP contribution in [-0.2, 0) is 0 Å². The van der Waals surface area contributed by atoms with Gasteiger partial charge in [0.25, 0.3) is 5.91 Å². The summed E-state index contributed by atoms with van der Waals surface area (Å²) >= 11 is 6.86. The Balaban J connectivity index is 2.26. The Hall–Kier alpha value is -0.550. The van der Waals surface area contributed by atoms with Gasteiger partial charge in [0.05, 0.1) is 12.7 Å². The van der Waals surface area contributed by atoms with Gasteiger partial charge in [-0.1, -0.05) is 44.7 Å². The minimum Gasteiger partial charge on any atom is -0.496 e. The highest BCUT2D eigenvalue weighted by molar-refractivity contribution is 9.10. The molecule has 2 rings (SSSR count). The SMILES string of the molecule is COc1cc(Br)ccc1C(=O)N(CCBr)C1CCCC1. The molecule has 0 aliphatic heterocycles. The molecular weight excluding hydrogens is 386 g/mol. The fourth-order valence-corrected chi connectivity index (χ4v) is 3.48. The molecule has 5 heteroatoms. The van der Waals surface area contributed by atoms with Crippen molar-refractivity contribution in [3.8, 4) is 5.75 Å². The number of rotatable bonds is 5. The van der Waals surface area contributed by atoms with E-state index in [-0.39, 0.29) is 5.91 Å². The number of carbonyl (C=O) groups excluding carboxylic acids is 1. The first-order chi connectivity index (χ1) is 9.67. The number of ether oxygens (including phenoxy) is 1. The fourth-order valence-electron chi connectivity index (χ4n) is 2.75. The molecule has 1 aliphatic rings. The van der Waals surface area contributed by atoms with Crippen molar-refractivity contribution in [3.63, 3.8) is 0 Å². The van der Waals surface area contributed by atoms with Gasteiger partial charge < -0.3 is 9.64 Å². The predicted octanol–water partition coefficient (Wildman–Crippen LogP) is 4.24. The van der Waals surface area contributed by atoms with Gasteiger partial charge in [0.2, 0.25) is 0 Å². The number of methoxy groups -OCH3 is 1. The molecule has 1 aliphatic carbocycles. The van der Waals surface area contributed by atoms with Gasteiger partial charge in [-0.25, -0.2) is 0 Å². The zero-order valence-corrected chi connectivity index (χ0v) is 14.7. The van der Waals surface area contributed by atoms with Crippen LogP contribution in [0.2, 0.25) is 0 Å². The molecule has 1 aromatic carbocycles. The summed E-state index contributed by atoms with van der Waals surface area (Å²) < 4.78 is 6.26. The summed E-state index contributed by atoms with van der Waals surface area (Å²) in [6.45, 7) is 0.739. The largest absolute Gasteiger partial charge is 0.496 e. The third-order valence-electron chi connectivity index (χ3n) is 3.75. The van der Waals surface area contributed by atoms with E-state index in [9.17, 15) is 4.79 Å². The average Bonchev–Trinajstić information content (AvgIpc) is 2.97. The average molecular weight is 405 g/mol. The Labute approximate surface area is 136 Å². The van der Waals surface area contributed by atoms with Gasteiger partial charge in [0, 0.05) is 22.4 Å². The number of hydrogen-bond acceptors (Lipinski definition) is 2. The lowest BCUT2D eigenvalue weighted by Gasteiger charge is -2.29. The summed E-state index contributed by atoms with van der Waals surface area (Å²) in [6.07, 6.45) is 4.65. The highest BCUT2D eigenvalue weighted by atomic mass is 79.9. The number of halogens is 2. The molecule has 0 bridgehead atoms. The molecule has 1 aromatic rings. The van der Waals surface area contributed by atoms with Crippen LogP contribution < -0.4 is 4.74 Å². The van der Waals surface area contributed by atoms with Gasteiger partial charge in [0.15, 0.2) is 0 Å².